The van der Waals surface area contributed by atoms with Crippen molar-refractivity contribution in [3.63, 3.8) is 0 Å². The molecule has 0 unspecified atom stereocenters. The third-order valence-electron chi connectivity index (χ3n) is 3.01. The number of aryl methyl sites for hydroxylation is 2. The molecule has 0 aliphatic carbocycles. The number of hydrogen-bond acceptors (Lipinski definition) is 6. The lowest BCUT2D eigenvalue weighted by molar-refractivity contribution is -0.117. The quantitative estimate of drug-likeness (QED) is 0.797. The lowest BCUT2D eigenvalue weighted by Gasteiger charge is -2.33. The van der Waals surface area contributed by atoms with Crippen molar-refractivity contribution in [2.75, 3.05) is 29.4 Å². The number of amides is 1. The fourth-order valence-corrected chi connectivity index (χ4v) is 2.77. The van der Waals surface area contributed by atoms with Crippen LogP contribution in [0.2, 0.25) is 0 Å². The highest BCUT2D eigenvalue weighted by Crippen LogP contribution is 2.22. The highest BCUT2D eigenvalue weighted by atomic mass is 32.1. The van der Waals surface area contributed by atoms with Crippen LogP contribution in [0.15, 0.2) is 12.4 Å². The second kappa shape index (κ2) is 4.61. The minimum absolute atomic E-state index is 0.0621. The molecule has 1 saturated heterocycles. The largest absolute Gasteiger partial charge is 0.336 e. The first-order chi connectivity index (χ1) is 9.13. The normalized spacial score (nSPS) is 16.2. The van der Waals surface area contributed by atoms with E-state index >= 15 is 0 Å². The lowest BCUT2D eigenvalue weighted by atomic mass is 10.3. The van der Waals surface area contributed by atoms with E-state index in [4.69, 9.17) is 0 Å². The molecule has 0 atom stereocenters. The van der Waals surface area contributed by atoms with Crippen LogP contribution in [0.3, 0.4) is 0 Å². The van der Waals surface area contributed by atoms with Crippen LogP contribution in [0.4, 0.5) is 10.8 Å². The lowest BCUT2D eigenvalue weighted by Crippen LogP contribution is -2.50. The molecule has 19 heavy (non-hydrogen) atoms. The molecule has 3 heterocycles. The van der Waals surface area contributed by atoms with E-state index in [-0.39, 0.29) is 5.91 Å². The fraction of sp³-hybridized carbons (Fsp3) is 0.455. The van der Waals surface area contributed by atoms with Crippen LogP contribution in [-0.2, 0) is 11.8 Å². The molecule has 0 aromatic carbocycles. The Bertz CT molecular complexity index is 606. The van der Waals surface area contributed by atoms with Crippen molar-refractivity contribution in [1.82, 2.24) is 19.1 Å². The molecule has 1 aliphatic rings. The number of aromatic nitrogens is 4. The molecule has 1 fully saturated rings. The molecule has 0 N–H and O–H groups in total. The zero-order chi connectivity index (χ0) is 13.4. The van der Waals surface area contributed by atoms with Gasteiger partial charge in [0.25, 0.3) is 0 Å². The molecule has 3 rings (SSSR count). The van der Waals surface area contributed by atoms with Crippen molar-refractivity contribution in [3.8, 4) is 0 Å². The minimum atomic E-state index is 0.0621. The summed E-state index contributed by atoms with van der Waals surface area (Å²) >= 11 is 1.34. The van der Waals surface area contributed by atoms with Gasteiger partial charge in [-0.15, -0.1) is 0 Å². The topological polar surface area (TPSA) is 67.2 Å². The Kier molecular flexibility index (Phi) is 2.94. The summed E-state index contributed by atoms with van der Waals surface area (Å²) < 4.78 is 5.85. The maximum atomic E-state index is 12.2. The Balaban J connectivity index is 1.74. The van der Waals surface area contributed by atoms with E-state index in [2.05, 4.69) is 14.5 Å². The molecule has 7 nitrogen and oxygen atoms in total. The summed E-state index contributed by atoms with van der Waals surface area (Å²) in [6.45, 7) is 3.59. The van der Waals surface area contributed by atoms with Crippen LogP contribution >= 0.6 is 11.5 Å². The number of carbonyl (C=O) groups is 1. The van der Waals surface area contributed by atoms with E-state index in [1.807, 2.05) is 25.1 Å². The molecule has 0 saturated carbocycles. The SMILES string of the molecule is Cc1nsc(N2CCN(c3cnn(C)c3)C(=O)C2)n1. The summed E-state index contributed by atoms with van der Waals surface area (Å²) in [4.78, 5) is 20.2. The van der Waals surface area contributed by atoms with E-state index in [1.165, 1.54) is 11.5 Å². The first kappa shape index (κ1) is 12.1. The van der Waals surface area contributed by atoms with Gasteiger partial charge in [-0.3, -0.25) is 9.48 Å². The van der Waals surface area contributed by atoms with Gasteiger partial charge in [0.1, 0.15) is 5.82 Å². The highest BCUT2D eigenvalue weighted by Gasteiger charge is 2.27. The van der Waals surface area contributed by atoms with E-state index < -0.39 is 0 Å². The van der Waals surface area contributed by atoms with Gasteiger partial charge in [0, 0.05) is 37.9 Å². The fourth-order valence-electron chi connectivity index (χ4n) is 2.07. The van der Waals surface area contributed by atoms with Crippen LogP contribution in [0.1, 0.15) is 5.82 Å². The van der Waals surface area contributed by atoms with Crippen LogP contribution in [-0.4, -0.2) is 44.7 Å². The molecule has 8 heteroatoms. The Labute approximate surface area is 114 Å². The van der Waals surface area contributed by atoms with Gasteiger partial charge < -0.3 is 9.80 Å². The van der Waals surface area contributed by atoms with Crippen molar-refractivity contribution in [2.45, 2.75) is 6.92 Å². The smallest absolute Gasteiger partial charge is 0.246 e. The van der Waals surface area contributed by atoms with Gasteiger partial charge in [-0.25, -0.2) is 4.98 Å². The van der Waals surface area contributed by atoms with Gasteiger partial charge in [-0.1, -0.05) is 0 Å². The van der Waals surface area contributed by atoms with Gasteiger partial charge in [-0.2, -0.15) is 9.47 Å². The van der Waals surface area contributed by atoms with Crippen molar-refractivity contribution in [3.05, 3.63) is 18.2 Å². The number of rotatable bonds is 2. The minimum Gasteiger partial charge on any atom is -0.336 e. The Morgan fingerprint density at radius 1 is 1.37 bits per heavy atom. The van der Waals surface area contributed by atoms with E-state index in [1.54, 1.807) is 15.8 Å². The molecular formula is C11H14N6OS. The standard InChI is InChI=1S/C11H14N6OS/c1-8-13-11(19-14-8)16-3-4-17(10(18)7-16)9-5-12-15(2)6-9/h5-6H,3-4,7H2,1-2H3. The first-order valence-corrected chi connectivity index (χ1v) is 6.75. The van der Waals surface area contributed by atoms with Gasteiger partial charge in [0.15, 0.2) is 0 Å². The summed E-state index contributed by atoms with van der Waals surface area (Å²) in [6, 6.07) is 0. The summed E-state index contributed by atoms with van der Waals surface area (Å²) in [5.41, 5.74) is 0.848. The molecule has 0 bridgehead atoms. The van der Waals surface area contributed by atoms with Gasteiger partial charge in [0.2, 0.25) is 11.0 Å². The van der Waals surface area contributed by atoms with Gasteiger partial charge in [0.05, 0.1) is 18.4 Å². The molecule has 2 aromatic rings. The van der Waals surface area contributed by atoms with Crippen LogP contribution in [0.25, 0.3) is 0 Å². The first-order valence-electron chi connectivity index (χ1n) is 5.98. The predicted octanol–water partition coefficient (Wildman–Crippen LogP) is 0.433. The maximum Gasteiger partial charge on any atom is 0.246 e. The summed E-state index contributed by atoms with van der Waals surface area (Å²) in [5, 5.41) is 4.91. The molecule has 0 spiro atoms. The average Bonchev–Trinajstić information content (AvgIpc) is 2.98. The van der Waals surface area contributed by atoms with Crippen LogP contribution < -0.4 is 9.80 Å². The highest BCUT2D eigenvalue weighted by molar-refractivity contribution is 7.09. The zero-order valence-corrected chi connectivity index (χ0v) is 11.6. The molecule has 100 valence electrons. The molecule has 1 aliphatic heterocycles. The second-order valence-electron chi connectivity index (χ2n) is 4.46. The van der Waals surface area contributed by atoms with Crippen molar-refractivity contribution < 1.29 is 4.79 Å². The number of nitrogens with zero attached hydrogens (tertiary/aromatic N) is 6. The summed E-state index contributed by atoms with van der Waals surface area (Å²) in [5.74, 6) is 0.814. The second-order valence-corrected chi connectivity index (χ2v) is 5.19. The maximum absolute atomic E-state index is 12.2. The monoisotopic (exact) mass is 278 g/mol. The number of hydrogen-bond donors (Lipinski definition) is 0. The molecular weight excluding hydrogens is 264 g/mol. The molecule has 1 amide bonds. The van der Waals surface area contributed by atoms with E-state index in [0.717, 1.165) is 23.2 Å². The third-order valence-corrected chi connectivity index (χ3v) is 3.88. The summed E-state index contributed by atoms with van der Waals surface area (Å²) in [6.07, 6.45) is 3.56. The van der Waals surface area contributed by atoms with E-state index in [9.17, 15) is 4.79 Å². The van der Waals surface area contributed by atoms with Crippen LogP contribution in [0.5, 0.6) is 0 Å². The van der Waals surface area contributed by atoms with Gasteiger partial charge >= 0.3 is 0 Å². The van der Waals surface area contributed by atoms with Crippen LogP contribution in [0, 0.1) is 6.92 Å². The van der Waals surface area contributed by atoms with E-state index in [0.29, 0.717) is 13.1 Å². The Morgan fingerprint density at radius 3 is 2.79 bits per heavy atom. The molecule has 0 radical (unpaired) electrons. The Hall–Kier alpha value is -1.96. The third kappa shape index (κ3) is 2.30. The average molecular weight is 278 g/mol. The number of carbonyl (C=O) groups excluding carboxylic acids is 1. The Morgan fingerprint density at radius 2 is 2.21 bits per heavy atom. The van der Waals surface area contributed by atoms with Crippen molar-refractivity contribution in [1.29, 1.82) is 0 Å². The number of piperazine rings is 1. The summed E-state index contributed by atoms with van der Waals surface area (Å²) in [7, 11) is 1.84. The van der Waals surface area contributed by atoms with Crippen molar-refractivity contribution in [2.24, 2.45) is 7.05 Å². The predicted molar refractivity (Wildman–Crippen MR) is 72.4 cm³/mol. The zero-order valence-electron chi connectivity index (χ0n) is 10.8. The van der Waals surface area contributed by atoms with Gasteiger partial charge in [-0.05, 0) is 6.92 Å². The van der Waals surface area contributed by atoms with Crippen molar-refractivity contribution >= 4 is 28.3 Å². The number of anilines is 2. The molecule has 2 aromatic heterocycles.